The minimum Gasteiger partial charge on any atom is -0.425 e. The van der Waals surface area contributed by atoms with Crippen LogP contribution < -0.4 is 0 Å². The van der Waals surface area contributed by atoms with Crippen LogP contribution in [0.2, 0.25) is 0 Å². The molecule has 4 fully saturated rings. The summed E-state index contributed by atoms with van der Waals surface area (Å²) in [7, 11) is 0. The average Bonchev–Trinajstić information content (AvgIpc) is 1.96. The zero-order valence-corrected chi connectivity index (χ0v) is 8.20. The van der Waals surface area contributed by atoms with E-state index in [1.165, 1.54) is 19.3 Å². The predicted octanol–water partition coefficient (Wildman–Crippen LogP) is 2.52. The van der Waals surface area contributed by atoms with Gasteiger partial charge in [-0.15, -0.1) is 0 Å². The summed E-state index contributed by atoms with van der Waals surface area (Å²) in [6.07, 6.45) is 5.43. The monoisotopic (exact) mass is 195 g/mol. The molecule has 0 heterocycles. The molecule has 4 rings (SSSR count). The summed E-state index contributed by atoms with van der Waals surface area (Å²) >= 11 is 0. The molecule has 0 aromatic heterocycles. The Morgan fingerprint density at radius 1 is 1.00 bits per heavy atom. The number of rotatable bonds is 1. The topological polar surface area (TPSA) is 46.2 Å². The van der Waals surface area contributed by atoms with E-state index in [4.69, 9.17) is 4.74 Å². The lowest BCUT2D eigenvalue weighted by atomic mass is 9.54. The minimum atomic E-state index is -1.33. The first-order valence-corrected chi connectivity index (χ1v) is 5.55. The van der Waals surface area contributed by atoms with Gasteiger partial charge in [-0.3, -0.25) is 0 Å². The van der Waals surface area contributed by atoms with E-state index in [0.29, 0.717) is 0 Å². The van der Waals surface area contributed by atoms with Crippen molar-refractivity contribution in [3.8, 4) is 0 Å². The minimum absolute atomic E-state index is 0.340. The van der Waals surface area contributed by atoms with Crippen LogP contribution in [0.25, 0.3) is 0 Å². The summed E-state index contributed by atoms with van der Waals surface area (Å²) in [6.45, 7) is 0. The molecule has 0 atom stereocenters. The molecule has 77 valence electrons. The van der Waals surface area contributed by atoms with Gasteiger partial charge < -0.3 is 4.74 Å². The van der Waals surface area contributed by atoms with E-state index in [1.807, 2.05) is 0 Å². The standard InChI is InChI=1S/C11H15O3/c12-10(13)14-11-4-7-1-8(5-11)3-9(2-7)6-11/h7-9H,1-6H2. The zero-order valence-electron chi connectivity index (χ0n) is 8.20. The smallest absolute Gasteiger partial charge is 0.425 e. The highest BCUT2D eigenvalue weighted by molar-refractivity contribution is 5.57. The quantitative estimate of drug-likeness (QED) is 0.603. The second-order valence-electron chi connectivity index (χ2n) is 5.45. The fourth-order valence-corrected chi connectivity index (χ4v) is 4.33. The van der Waals surface area contributed by atoms with Crippen LogP contribution in [0.15, 0.2) is 0 Å². The molecular weight excluding hydrogens is 180 g/mol. The molecule has 4 aliphatic rings. The second kappa shape index (κ2) is 2.65. The number of carbonyl (C=O) groups is 1. The Bertz CT molecular complexity index is 236. The van der Waals surface area contributed by atoms with Crippen molar-refractivity contribution < 1.29 is 14.6 Å². The Labute approximate surface area is 83.4 Å². The van der Waals surface area contributed by atoms with Gasteiger partial charge in [-0.05, 0) is 56.3 Å². The molecule has 4 bridgehead atoms. The van der Waals surface area contributed by atoms with E-state index in [0.717, 1.165) is 37.0 Å². The maximum absolute atomic E-state index is 10.6. The number of ether oxygens (including phenoxy) is 1. The molecule has 0 amide bonds. The molecule has 0 N–H and O–H groups in total. The van der Waals surface area contributed by atoms with E-state index < -0.39 is 6.16 Å². The van der Waals surface area contributed by atoms with Gasteiger partial charge in [0.05, 0.1) is 0 Å². The average molecular weight is 195 g/mol. The third-order valence-corrected chi connectivity index (χ3v) is 4.28. The largest absolute Gasteiger partial charge is 0.550 e. The van der Waals surface area contributed by atoms with Gasteiger partial charge in [-0.1, -0.05) is 0 Å². The Balaban J connectivity index is 1.83. The Hall–Kier alpha value is -0.730. The van der Waals surface area contributed by atoms with Crippen molar-refractivity contribution in [2.24, 2.45) is 17.8 Å². The number of hydrogen-bond acceptors (Lipinski definition) is 2. The van der Waals surface area contributed by atoms with Crippen molar-refractivity contribution in [1.82, 2.24) is 0 Å². The van der Waals surface area contributed by atoms with Crippen LogP contribution >= 0.6 is 0 Å². The third kappa shape index (κ3) is 1.22. The van der Waals surface area contributed by atoms with E-state index in [1.54, 1.807) is 0 Å². The van der Waals surface area contributed by atoms with Crippen LogP contribution in [0.1, 0.15) is 38.5 Å². The summed E-state index contributed by atoms with van der Waals surface area (Å²) in [6, 6.07) is 0. The van der Waals surface area contributed by atoms with Gasteiger partial charge in [0.25, 0.3) is 0 Å². The summed E-state index contributed by atoms with van der Waals surface area (Å²) in [5, 5.41) is 10.6. The number of hydrogen-bond donors (Lipinski definition) is 0. The first-order chi connectivity index (χ1) is 6.65. The van der Waals surface area contributed by atoms with Gasteiger partial charge in [0.15, 0.2) is 0 Å². The molecular formula is C11H15O3. The molecule has 4 saturated carbocycles. The molecule has 0 aromatic carbocycles. The lowest BCUT2D eigenvalue weighted by Gasteiger charge is -2.55. The van der Waals surface area contributed by atoms with Gasteiger partial charge in [0, 0.05) is 0 Å². The fraction of sp³-hybridized carbons (Fsp3) is 0.909. The number of carbonyl (C=O) groups excluding carboxylic acids is 1. The van der Waals surface area contributed by atoms with Crippen LogP contribution in [0.3, 0.4) is 0 Å². The van der Waals surface area contributed by atoms with Crippen molar-refractivity contribution in [3.63, 3.8) is 0 Å². The van der Waals surface area contributed by atoms with E-state index in [9.17, 15) is 9.90 Å². The van der Waals surface area contributed by atoms with Crippen molar-refractivity contribution in [1.29, 1.82) is 0 Å². The molecule has 3 nitrogen and oxygen atoms in total. The maximum atomic E-state index is 10.6. The molecule has 0 unspecified atom stereocenters. The second-order valence-corrected chi connectivity index (χ2v) is 5.45. The molecule has 14 heavy (non-hydrogen) atoms. The summed E-state index contributed by atoms with van der Waals surface area (Å²) in [5.74, 6) is 2.17. The van der Waals surface area contributed by atoms with Crippen LogP contribution in [0, 0.1) is 17.8 Å². The SMILES string of the molecule is [O]C(=O)OC12CC3CC(CC(C3)C1)C2. The lowest BCUT2D eigenvalue weighted by molar-refractivity contribution is -0.141. The molecule has 3 heteroatoms. The van der Waals surface area contributed by atoms with Gasteiger partial charge >= 0.3 is 6.16 Å². The Kier molecular flexibility index (Phi) is 1.62. The molecule has 1 radical (unpaired) electrons. The van der Waals surface area contributed by atoms with Gasteiger partial charge in [-0.2, -0.15) is 9.90 Å². The molecule has 0 aromatic rings. The van der Waals surface area contributed by atoms with Crippen LogP contribution in [0.5, 0.6) is 0 Å². The zero-order chi connectivity index (χ0) is 9.76. The summed E-state index contributed by atoms with van der Waals surface area (Å²) < 4.78 is 5.06. The highest BCUT2D eigenvalue weighted by Crippen LogP contribution is 2.57. The predicted molar refractivity (Wildman–Crippen MR) is 48.1 cm³/mol. The Morgan fingerprint density at radius 3 is 1.79 bits per heavy atom. The van der Waals surface area contributed by atoms with Gasteiger partial charge in [-0.25, -0.2) is 0 Å². The van der Waals surface area contributed by atoms with Crippen LogP contribution in [-0.2, 0) is 9.84 Å². The first-order valence-electron chi connectivity index (χ1n) is 5.55. The maximum Gasteiger partial charge on any atom is 0.550 e. The Morgan fingerprint density at radius 2 is 1.43 bits per heavy atom. The van der Waals surface area contributed by atoms with E-state index in [-0.39, 0.29) is 5.60 Å². The molecule has 0 aliphatic heterocycles. The summed E-state index contributed by atoms with van der Waals surface area (Å²) in [5.41, 5.74) is -0.340. The highest BCUT2D eigenvalue weighted by atomic mass is 16.7. The van der Waals surface area contributed by atoms with Crippen LogP contribution in [0.4, 0.5) is 4.79 Å². The highest BCUT2D eigenvalue weighted by Gasteiger charge is 2.53. The van der Waals surface area contributed by atoms with E-state index >= 15 is 0 Å². The van der Waals surface area contributed by atoms with Crippen molar-refractivity contribution in [2.75, 3.05) is 0 Å². The van der Waals surface area contributed by atoms with Gasteiger partial charge in [0.2, 0.25) is 0 Å². The van der Waals surface area contributed by atoms with Crippen molar-refractivity contribution in [3.05, 3.63) is 0 Å². The van der Waals surface area contributed by atoms with E-state index in [2.05, 4.69) is 0 Å². The third-order valence-electron chi connectivity index (χ3n) is 4.28. The molecule has 4 aliphatic carbocycles. The van der Waals surface area contributed by atoms with Gasteiger partial charge in [0.1, 0.15) is 5.60 Å². The lowest BCUT2D eigenvalue weighted by Crippen LogP contribution is -2.52. The molecule has 0 saturated heterocycles. The molecule has 0 spiro atoms. The van der Waals surface area contributed by atoms with Crippen LogP contribution in [-0.4, -0.2) is 11.8 Å². The van der Waals surface area contributed by atoms with Crippen molar-refractivity contribution >= 4 is 6.16 Å². The summed E-state index contributed by atoms with van der Waals surface area (Å²) in [4.78, 5) is 10.6. The fourth-order valence-electron chi connectivity index (χ4n) is 4.33. The normalized spacial score (nSPS) is 49.3. The van der Waals surface area contributed by atoms with Crippen molar-refractivity contribution in [2.45, 2.75) is 44.1 Å². The first kappa shape index (κ1) is 8.57.